The molecule has 0 spiro atoms. The molecule has 1 aliphatic carbocycles. The molecule has 31 heavy (non-hydrogen) atoms. The van der Waals surface area contributed by atoms with E-state index < -0.39 is 27.4 Å². The number of carboxylic acid groups (broad SMARTS) is 1. The number of nitrogens with one attached hydrogen (secondary N) is 1. The fourth-order valence-corrected chi connectivity index (χ4v) is 5.32. The zero-order chi connectivity index (χ0) is 22.8. The molecule has 2 aromatic rings. The van der Waals surface area contributed by atoms with Gasteiger partial charge in [0.05, 0.1) is 18.4 Å². The maximum absolute atomic E-state index is 14.0. The second-order valence-electron chi connectivity index (χ2n) is 8.14. The van der Waals surface area contributed by atoms with Crippen molar-refractivity contribution in [3.05, 3.63) is 33.9 Å². The van der Waals surface area contributed by atoms with Crippen LogP contribution in [0.25, 0.3) is 0 Å². The molecular weight excluding hydrogens is 443 g/mol. The smallest absolute Gasteiger partial charge is 0.338 e. The highest BCUT2D eigenvalue weighted by atomic mass is 32.2. The molecule has 1 heterocycles. The fraction of sp³-hybridized carbons (Fsp3) is 0.429. The molecule has 0 radical (unpaired) electrons. The largest absolute Gasteiger partial charge is 0.495 e. The van der Waals surface area contributed by atoms with Gasteiger partial charge >= 0.3 is 5.97 Å². The highest BCUT2D eigenvalue weighted by Gasteiger charge is 2.26. The van der Waals surface area contributed by atoms with Crippen LogP contribution in [0.2, 0.25) is 0 Å². The predicted molar refractivity (Wildman–Crippen MR) is 115 cm³/mol. The summed E-state index contributed by atoms with van der Waals surface area (Å²) in [7, 11) is -2.92. The lowest BCUT2D eigenvalue weighted by Gasteiger charge is -2.32. The van der Waals surface area contributed by atoms with Crippen molar-refractivity contribution in [3.63, 3.8) is 0 Å². The number of nitrogens with zero attached hydrogens (tertiary/aromatic N) is 1. The standard InChI is InChI=1S/C21H23FN2O5S2/c1-21(2)8-6-13(7-9-21)4-5-18-23-19(12-30-18)31(27,28)24-16-11-15(22)14(20(25)26)10-17(16)29-3/h10-13,24H,6-9H2,1-3H3,(H,25,26). The number of rotatable bonds is 5. The Bertz CT molecular complexity index is 1150. The Morgan fingerprint density at radius 2 is 2.03 bits per heavy atom. The minimum Gasteiger partial charge on any atom is -0.495 e. The third-order valence-electron chi connectivity index (χ3n) is 5.24. The highest BCUT2D eigenvalue weighted by molar-refractivity contribution is 7.92. The minimum absolute atomic E-state index is 0.127. The molecule has 166 valence electrons. The average molecular weight is 467 g/mol. The first-order valence-corrected chi connectivity index (χ1v) is 12.0. The van der Waals surface area contributed by atoms with Crippen LogP contribution in [-0.4, -0.2) is 31.6 Å². The third-order valence-corrected chi connectivity index (χ3v) is 7.40. The molecule has 0 bridgehead atoms. The van der Waals surface area contributed by atoms with E-state index in [-0.39, 0.29) is 22.4 Å². The topological polar surface area (TPSA) is 106 Å². The Hall–Kier alpha value is -2.64. The highest BCUT2D eigenvalue weighted by Crippen LogP contribution is 2.37. The summed E-state index contributed by atoms with van der Waals surface area (Å²) >= 11 is 1.11. The molecule has 2 N–H and O–H groups in total. The number of anilines is 1. The number of ether oxygens (including phenoxy) is 1. The van der Waals surface area contributed by atoms with Crippen molar-refractivity contribution < 1.29 is 27.4 Å². The summed E-state index contributed by atoms with van der Waals surface area (Å²) in [5, 5.41) is 10.5. The zero-order valence-corrected chi connectivity index (χ0v) is 19.0. The normalized spacial score (nSPS) is 16.3. The minimum atomic E-state index is -4.15. The van der Waals surface area contributed by atoms with Crippen molar-refractivity contribution in [2.45, 2.75) is 44.6 Å². The number of halogens is 1. The van der Waals surface area contributed by atoms with Crippen LogP contribution in [-0.2, 0) is 10.0 Å². The molecular formula is C21H23FN2O5S2. The molecule has 1 aliphatic rings. The average Bonchev–Trinajstić information content (AvgIpc) is 3.17. The van der Waals surface area contributed by atoms with Crippen molar-refractivity contribution in [1.29, 1.82) is 0 Å². The number of carboxylic acids is 1. The van der Waals surface area contributed by atoms with E-state index in [0.29, 0.717) is 10.4 Å². The van der Waals surface area contributed by atoms with E-state index in [4.69, 9.17) is 9.84 Å². The molecule has 0 aliphatic heterocycles. The van der Waals surface area contributed by atoms with Crippen molar-refractivity contribution in [1.82, 2.24) is 4.98 Å². The van der Waals surface area contributed by atoms with Gasteiger partial charge in [-0.25, -0.2) is 14.2 Å². The summed E-state index contributed by atoms with van der Waals surface area (Å²) in [6.45, 7) is 4.50. The van der Waals surface area contributed by atoms with Gasteiger partial charge < -0.3 is 9.84 Å². The van der Waals surface area contributed by atoms with Crippen molar-refractivity contribution in [2.75, 3.05) is 11.8 Å². The third kappa shape index (κ3) is 5.54. The van der Waals surface area contributed by atoms with Gasteiger partial charge in [0.15, 0.2) is 10.0 Å². The Labute approximate surface area is 184 Å². The summed E-state index contributed by atoms with van der Waals surface area (Å²) < 4.78 is 46.6. The van der Waals surface area contributed by atoms with Gasteiger partial charge in [0.1, 0.15) is 11.6 Å². The van der Waals surface area contributed by atoms with Crippen LogP contribution in [0.4, 0.5) is 10.1 Å². The van der Waals surface area contributed by atoms with Gasteiger partial charge in [0, 0.05) is 17.4 Å². The number of benzene rings is 1. The van der Waals surface area contributed by atoms with E-state index in [1.807, 2.05) is 0 Å². The summed E-state index contributed by atoms with van der Waals surface area (Å²) in [6.07, 6.45) is 4.23. The molecule has 1 fully saturated rings. The SMILES string of the molecule is COc1cc(C(=O)O)c(F)cc1NS(=O)(=O)c1csc(C#CC2CCC(C)(C)CC2)n1. The van der Waals surface area contributed by atoms with E-state index in [1.165, 1.54) is 12.5 Å². The van der Waals surface area contributed by atoms with E-state index >= 15 is 0 Å². The lowest BCUT2D eigenvalue weighted by Crippen LogP contribution is -2.20. The van der Waals surface area contributed by atoms with Gasteiger partial charge in [0.2, 0.25) is 0 Å². The number of methoxy groups -OCH3 is 1. The van der Waals surface area contributed by atoms with Crippen molar-refractivity contribution in [2.24, 2.45) is 11.3 Å². The summed E-state index contributed by atoms with van der Waals surface area (Å²) in [5.41, 5.74) is -0.511. The van der Waals surface area contributed by atoms with Gasteiger partial charge in [-0.05, 0) is 43.1 Å². The van der Waals surface area contributed by atoms with E-state index in [9.17, 15) is 17.6 Å². The molecule has 1 aromatic carbocycles. The van der Waals surface area contributed by atoms with Gasteiger partial charge in [-0.15, -0.1) is 11.3 Å². The maximum Gasteiger partial charge on any atom is 0.338 e. The molecule has 7 nitrogen and oxygen atoms in total. The molecule has 1 aromatic heterocycles. The number of carbonyl (C=O) groups is 1. The number of sulfonamides is 1. The number of hydrogen-bond acceptors (Lipinski definition) is 6. The number of aromatic carboxylic acids is 1. The van der Waals surface area contributed by atoms with Crippen LogP contribution in [0.1, 0.15) is 54.9 Å². The van der Waals surface area contributed by atoms with Gasteiger partial charge in [0.25, 0.3) is 10.0 Å². The molecule has 0 unspecified atom stereocenters. The van der Waals surface area contributed by atoms with Crippen LogP contribution < -0.4 is 9.46 Å². The molecule has 1 saturated carbocycles. The molecule has 10 heteroatoms. The zero-order valence-electron chi connectivity index (χ0n) is 17.4. The monoisotopic (exact) mass is 466 g/mol. The number of aromatic nitrogens is 1. The lowest BCUT2D eigenvalue weighted by molar-refractivity contribution is 0.0691. The molecule has 0 amide bonds. The molecule has 0 saturated heterocycles. The fourth-order valence-electron chi connectivity index (χ4n) is 3.31. The summed E-state index contributed by atoms with van der Waals surface area (Å²) in [5.74, 6) is 3.72. The Morgan fingerprint density at radius 3 is 2.65 bits per heavy atom. The molecule has 3 rings (SSSR count). The van der Waals surface area contributed by atoms with Gasteiger partial charge in [-0.3, -0.25) is 4.72 Å². The van der Waals surface area contributed by atoms with Crippen LogP contribution in [0.15, 0.2) is 22.5 Å². The number of thiazole rings is 1. The van der Waals surface area contributed by atoms with Gasteiger partial charge in [-0.1, -0.05) is 19.8 Å². The van der Waals surface area contributed by atoms with Crippen molar-refractivity contribution in [3.8, 4) is 17.6 Å². The first-order chi connectivity index (χ1) is 14.5. The Morgan fingerprint density at radius 1 is 1.35 bits per heavy atom. The Balaban J connectivity index is 1.77. The predicted octanol–water partition coefficient (Wildman–Crippen LogP) is 4.36. The van der Waals surface area contributed by atoms with E-state index in [0.717, 1.165) is 49.2 Å². The van der Waals surface area contributed by atoms with E-state index in [2.05, 4.69) is 35.4 Å². The lowest BCUT2D eigenvalue weighted by atomic mass is 9.73. The second-order valence-corrected chi connectivity index (χ2v) is 10.6. The Kier molecular flexibility index (Phi) is 6.57. The second kappa shape index (κ2) is 8.85. The summed E-state index contributed by atoms with van der Waals surface area (Å²) in [6, 6.07) is 1.68. The summed E-state index contributed by atoms with van der Waals surface area (Å²) in [4.78, 5) is 15.1. The van der Waals surface area contributed by atoms with Gasteiger partial charge in [-0.2, -0.15) is 8.42 Å². The first kappa shape index (κ1) is 23.0. The van der Waals surface area contributed by atoms with Crippen LogP contribution in [0.5, 0.6) is 5.75 Å². The first-order valence-electron chi connectivity index (χ1n) is 9.61. The van der Waals surface area contributed by atoms with Crippen LogP contribution in [0.3, 0.4) is 0 Å². The van der Waals surface area contributed by atoms with Crippen LogP contribution in [0, 0.1) is 29.0 Å². The van der Waals surface area contributed by atoms with Crippen molar-refractivity contribution >= 4 is 33.0 Å². The molecule has 0 atom stereocenters. The number of hydrogen-bond donors (Lipinski definition) is 2. The maximum atomic E-state index is 14.0. The quantitative estimate of drug-likeness (QED) is 0.635. The van der Waals surface area contributed by atoms with E-state index in [1.54, 1.807) is 0 Å². The van der Waals surface area contributed by atoms with Crippen LogP contribution >= 0.6 is 11.3 Å².